The molecule has 0 aliphatic heterocycles. The number of aromatic hydroxyl groups is 1. The van der Waals surface area contributed by atoms with Crippen LogP contribution in [0.5, 0.6) is 5.75 Å². The number of hydrogen-bond donors (Lipinski definition) is 3. The van der Waals surface area contributed by atoms with Gasteiger partial charge in [0.25, 0.3) is 5.91 Å². The van der Waals surface area contributed by atoms with Gasteiger partial charge < -0.3 is 15.7 Å². The SMILES string of the molecule is CC(C)(C)NC(=O)c1cc(NC(=O)Cc2cc(Cl)ccc2O)ncn1. The Hall–Kier alpha value is -2.67. The Balaban J connectivity index is 2.07. The van der Waals surface area contributed by atoms with Crippen molar-refractivity contribution in [2.24, 2.45) is 0 Å². The smallest absolute Gasteiger partial charge is 0.270 e. The van der Waals surface area contributed by atoms with Crippen molar-refractivity contribution in [2.75, 3.05) is 5.32 Å². The zero-order valence-electron chi connectivity index (χ0n) is 14.1. The van der Waals surface area contributed by atoms with E-state index in [1.807, 2.05) is 20.8 Å². The van der Waals surface area contributed by atoms with E-state index >= 15 is 0 Å². The lowest BCUT2D eigenvalue weighted by Crippen LogP contribution is -2.41. The summed E-state index contributed by atoms with van der Waals surface area (Å²) in [6, 6.07) is 5.85. The number of rotatable bonds is 4. The number of nitrogens with one attached hydrogen (secondary N) is 2. The Kier molecular flexibility index (Phi) is 5.58. The van der Waals surface area contributed by atoms with Crippen LogP contribution in [-0.4, -0.2) is 32.4 Å². The van der Waals surface area contributed by atoms with Crippen LogP contribution < -0.4 is 10.6 Å². The fourth-order valence-electron chi connectivity index (χ4n) is 2.01. The highest BCUT2D eigenvalue weighted by Gasteiger charge is 2.17. The highest BCUT2D eigenvalue weighted by Crippen LogP contribution is 2.22. The van der Waals surface area contributed by atoms with Gasteiger partial charge in [-0.2, -0.15) is 0 Å². The maximum atomic E-state index is 12.1. The molecule has 2 rings (SSSR count). The first-order chi connectivity index (χ1) is 11.6. The highest BCUT2D eigenvalue weighted by atomic mass is 35.5. The summed E-state index contributed by atoms with van der Waals surface area (Å²) in [5, 5.41) is 15.5. The first-order valence-corrected chi connectivity index (χ1v) is 7.93. The van der Waals surface area contributed by atoms with Gasteiger partial charge in [0.15, 0.2) is 0 Å². The second-order valence-corrected chi connectivity index (χ2v) is 6.93. The van der Waals surface area contributed by atoms with Gasteiger partial charge in [0.2, 0.25) is 5.91 Å². The summed E-state index contributed by atoms with van der Waals surface area (Å²) in [6.45, 7) is 5.56. The van der Waals surface area contributed by atoms with E-state index in [1.54, 1.807) is 0 Å². The topological polar surface area (TPSA) is 104 Å². The van der Waals surface area contributed by atoms with Crippen molar-refractivity contribution >= 4 is 29.2 Å². The quantitative estimate of drug-likeness (QED) is 0.775. The second-order valence-electron chi connectivity index (χ2n) is 6.49. The molecule has 3 N–H and O–H groups in total. The predicted octanol–water partition coefficient (Wildman–Crippen LogP) is 2.55. The van der Waals surface area contributed by atoms with Gasteiger partial charge in [-0.05, 0) is 39.0 Å². The molecular formula is C17H19ClN4O3. The average Bonchev–Trinajstić information content (AvgIpc) is 2.49. The first kappa shape index (κ1) is 18.7. The lowest BCUT2D eigenvalue weighted by molar-refractivity contribution is -0.115. The standard InChI is InChI=1S/C17H19ClN4O3/c1-17(2,3)22-16(25)12-8-14(20-9-19-12)21-15(24)7-10-6-11(18)4-5-13(10)23/h4-6,8-9,23H,7H2,1-3H3,(H,22,25)(H,19,20,21,24). The Morgan fingerprint density at radius 1 is 1.20 bits per heavy atom. The minimum atomic E-state index is -0.407. The maximum absolute atomic E-state index is 12.1. The van der Waals surface area contributed by atoms with Crippen LogP contribution in [-0.2, 0) is 11.2 Å². The lowest BCUT2D eigenvalue weighted by atomic mass is 10.1. The van der Waals surface area contributed by atoms with Crippen LogP contribution in [0.25, 0.3) is 0 Å². The number of anilines is 1. The number of amides is 2. The number of carbonyl (C=O) groups is 2. The molecule has 0 fully saturated rings. The summed E-state index contributed by atoms with van der Waals surface area (Å²) in [4.78, 5) is 32.1. The monoisotopic (exact) mass is 362 g/mol. The number of hydrogen-bond acceptors (Lipinski definition) is 5. The van der Waals surface area contributed by atoms with Crippen molar-refractivity contribution in [3.63, 3.8) is 0 Å². The highest BCUT2D eigenvalue weighted by molar-refractivity contribution is 6.30. The number of benzene rings is 1. The van der Waals surface area contributed by atoms with Gasteiger partial charge in [-0.25, -0.2) is 9.97 Å². The molecule has 1 aromatic heterocycles. The summed E-state index contributed by atoms with van der Waals surface area (Å²) in [5.41, 5.74) is 0.130. The van der Waals surface area contributed by atoms with Gasteiger partial charge in [0, 0.05) is 22.2 Å². The minimum absolute atomic E-state index is 0.0209. The van der Waals surface area contributed by atoms with Crippen molar-refractivity contribution in [1.82, 2.24) is 15.3 Å². The van der Waals surface area contributed by atoms with Crippen LogP contribution >= 0.6 is 11.6 Å². The summed E-state index contributed by atoms with van der Waals surface area (Å²) in [6.07, 6.45) is 1.12. The molecule has 25 heavy (non-hydrogen) atoms. The van der Waals surface area contributed by atoms with E-state index in [1.165, 1.54) is 30.6 Å². The van der Waals surface area contributed by atoms with Crippen molar-refractivity contribution in [3.05, 3.63) is 46.9 Å². The van der Waals surface area contributed by atoms with Crippen molar-refractivity contribution < 1.29 is 14.7 Å². The summed E-state index contributed by atoms with van der Waals surface area (Å²) in [7, 11) is 0. The molecule has 0 unspecified atom stereocenters. The van der Waals surface area contributed by atoms with Crippen LogP contribution in [0.3, 0.4) is 0 Å². The largest absolute Gasteiger partial charge is 0.508 e. The third-order valence-electron chi connectivity index (χ3n) is 3.05. The van der Waals surface area contributed by atoms with E-state index in [9.17, 15) is 14.7 Å². The number of aromatic nitrogens is 2. The lowest BCUT2D eigenvalue weighted by Gasteiger charge is -2.20. The molecule has 0 spiro atoms. The van der Waals surface area contributed by atoms with E-state index in [4.69, 9.17) is 11.6 Å². The van der Waals surface area contributed by atoms with Gasteiger partial charge in [0.05, 0.1) is 6.42 Å². The average molecular weight is 363 g/mol. The molecule has 0 atom stereocenters. The third-order valence-corrected chi connectivity index (χ3v) is 3.28. The van der Waals surface area contributed by atoms with Crippen molar-refractivity contribution in [1.29, 1.82) is 0 Å². The Bertz CT molecular complexity index is 803. The molecular weight excluding hydrogens is 344 g/mol. The molecule has 2 aromatic rings. The van der Waals surface area contributed by atoms with E-state index in [-0.39, 0.29) is 29.6 Å². The van der Waals surface area contributed by atoms with Crippen molar-refractivity contribution in [2.45, 2.75) is 32.7 Å². The summed E-state index contributed by atoms with van der Waals surface area (Å²) in [5.74, 6) is -0.593. The number of nitrogens with zero attached hydrogens (tertiary/aromatic N) is 2. The Labute approximate surface area is 150 Å². The molecule has 7 nitrogen and oxygen atoms in total. The molecule has 0 bridgehead atoms. The zero-order valence-corrected chi connectivity index (χ0v) is 14.9. The van der Waals surface area contributed by atoms with Gasteiger partial charge in [-0.3, -0.25) is 9.59 Å². The fraction of sp³-hybridized carbons (Fsp3) is 0.294. The predicted molar refractivity (Wildman–Crippen MR) is 94.7 cm³/mol. The molecule has 0 aliphatic carbocycles. The van der Waals surface area contributed by atoms with Crippen LogP contribution in [0, 0.1) is 0 Å². The van der Waals surface area contributed by atoms with E-state index in [2.05, 4.69) is 20.6 Å². The Morgan fingerprint density at radius 2 is 1.92 bits per heavy atom. The molecule has 0 aliphatic rings. The molecule has 0 radical (unpaired) electrons. The molecule has 1 heterocycles. The molecule has 2 amide bonds. The van der Waals surface area contributed by atoms with Crippen molar-refractivity contribution in [3.8, 4) is 5.75 Å². The number of phenols is 1. The van der Waals surface area contributed by atoms with E-state index in [0.717, 1.165) is 0 Å². The van der Waals surface area contributed by atoms with Gasteiger partial charge in [-0.1, -0.05) is 11.6 Å². The van der Waals surface area contributed by atoms with Crippen LogP contribution in [0.15, 0.2) is 30.6 Å². The van der Waals surface area contributed by atoms with Gasteiger partial charge in [-0.15, -0.1) is 0 Å². The molecule has 1 aromatic carbocycles. The Morgan fingerprint density at radius 3 is 2.60 bits per heavy atom. The first-order valence-electron chi connectivity index (χ1n) is 7.56. The van der Waals surface area contributed by atoms with Gasteiger partial charge in [0.1, 0.15) is 23.6 Å². The molecule has 132 valence electrons. The van der Waals surface area contributed by atoms with E-state index < -0.39 is 11.4 Å². The molecule has 0 saturated heterocycles. The van der Waals surface area contributed by atoms with Gasteiger partial charge >= 0.3 is 0 Å². The van der Waals surface area contributed by atoms with Crippen LogP contribution in [0.2, 0.25) is 5.02 Å². The zero-order chi connectivity index (χ0) is 18.6. The second kappa shape index (κ2) is 7.48. The van der Waals surface area contributed by atoms with Crippen LogP contribution in [0.1, 0.15) is 36.8 Å². The number of phenolic OH excluding ortho intramolecular Hbond substituents is 1. The third kappa shape index (κ3) is 5.72. The molecule has 8 heteroatoms. The maximum Gasteiger partial charge on any atom is 0.270 e. The van der Waals surface area contributed by atoms with Crippen LogP contribution in [0.4, 0.5) is 5.82 Å². The normalized spacial score (nSPS) is 11.0. The fourth-order valence-corrected chi connectivity index (χ4v) is 2.20. The minimum Gasteiger partial charge on any atom is -0.508 e. The number of halogens is 1. The van der Waals surface area contributed by atoms with E-state index in [0.29, 0.717) is 10.6 Å². The summed E-state index contributed by atoms with van der Waals surface area (Å²) >= 11 is 5.86. The molecule has 0 saturated carbocycles. The summed E-state index contributed by atoms with van der Waals surface area (Å²) < 4.78 is 0. The number of carbonyl (C=O) groups excluding carboxylic acids is 2.